The summed E-state index contributed by atoms with van der Waals surface area (Å²) in [4.78, 5) is 4.47. The van der Waals surface area contributed by atoms with Crippen LogP contribution in [0.2, 0.25) is 0 Å². The molecule has 0 aliphatic carbocycles. The number of hydrogen-bond donors (Lipinski definition) is 0. The molecule has 0 bridgehead atoms. The molecule has 0 amide bonds. The van der Waals surface area contributed by atoms with E-state index in [1.165, 1.54) is 5.69 Å². The summed E-state index contributed by atoms with van der Waals surface area (Å²) >= 11 is 0. The van der Waals surface area contributed by atoms with Crippen molar-refractivity contribution in [3.05, 3.63) is 42.5 Å². The monoisotopic (exact) mass is 346 g/mol. The maximum Gasteiger partial charge on any atom is 0.199 e. The van der Waals surface area contributed by atoms with Crippen molar-refractivity contribution in [2.24, 2.45) is 0 Å². The van der Waals surface area contributed by atoms with Gasteiger partial charge in [0.1, 0.15) is 0 Å². The second-order valence-electron chi connectivity index (χ2n) is 6.13. The first-order valence-electron chi connectivity index (χ1n) is 8.11. The van der Waals surface area contributed by atoms with Crippen molar-refractivity contribution in [2.75, 3.05) is 36.0 Å². The van der Waals surface area contributed by atoms with E-state index in [-0.39, 0.29) is 5.03 Å². The molecule has 2 heterocycles. The van der Waals surface area contributed by atoms with Crippen LogP contribution in [0.4, 0.5) is 11.5 Å². The molecule has 0 saturated carbocycles. The number of nitrogens with zero attached hydrogens (tertiary/aromatic N) is 4. The molecule has 0 N–H and O–H groups in total. The minimum Gasteiger partial charge on any atom is -0.368 e. The highest BCUT2D eigenvalue weighted by molar-refractivity contribution is 7.91. The molecule has 2 aromatic rings. The Morgan fingerprint density at radius 3 is 2.04 bits per heavy atom. The van der Waals surface area contributed by atoms with Crippen molar-refractivity contribution in [3.63, 3.8) is 0 Å². The maximum absolute atomic E-state index is 12.1. The van der Waals surface area contributed by atoms with Crippen molar-refractivity contribution >= 4 is 21.3 Å². The van der Waals surface area contributed by atoms with Crippen molar-refractivity contribution in [2.45, 2.75) is 24.1 Å². The highest BCUT2D eigenvalue weighted by Gasteiger charge is 2.23. The van der Waals surface area contributed by atoms with Crippen LogP contribution in [0.25, 0.3) is 0 Å². The lowest BCUT2D eigenvalue weighted by molar-refractivity contribution is 0.580. The lowest BCUT2D eigenvalue weighted by Gasteiger charge is -2.36. The molecule has 1 fully saturated rings. The van der Waals surface area contributed by atoms with Gasteiger partial charge in [0.05, 0.1) is 5.25 Å². The number of para-hydroxylation sites is 1. The van der Waals surface area contributed by atoms with E-state index < -0.39 is 15.1 Å². The summed E-state index contributed by atoms with van der Waals surface area (Å²) in [6.07, 6.45) is 0. The minimum atomic E-state index is -3.37. The molecule has 1 aliphatic rings. The van der Waals surface area contributed by atoms with E-state index in [9.17, 15) is 8.42 Å². The lowest BCUT2D eigenvalue weighted by atomic mass is 10.2. The predicted molar refractivity (Wildman–Crippen MR) is 95.2 cm³/mol. The number of rotatable bonds is 4. The first-order valence-corrected chi connectivity index (χ1v) is 9.65. The highest BCUT2D eigenvalue weighted by atomic mass is 32.2. The third-order valence-corrected chi connectivity index (χ3v) is 6.31. The van der Waals surface area contributed by atoms with Gasteiger partial charge in [0.2, 0.25) is 0 Å². The average Bonchev–Trinajstić information content (AvgIpc) is 2.62. The standard InChI is InChI=1S/C17H22N4O2S/c1-14(2)24(22,23)17-9-8-16(18-19-17)21-12-10-20(11-13-21)15-6-4-3-5-7-15/h3-9,14H,10-13H2,1-2H3. The number of anilines is 2. The van der Waals surface area contributed by atoms with E-state index in [4.69, 9.17) is 0 Å². The Labute approximate surface area is 143 Å². The molecule has 3 rings (SSSR count). The average molecular weight is 346 g/mol. The zero-order chi connectivity index (χ0) is 17.2. The number of benzene rings is 1. The van der Waals surface area contributed by atoms with Gasteiger partial charge in [-0.25, -0.2) is 8.42 Å². The molecule has 6 nitrogen and oxygen atoms in total. The molecule has 128 valence electrons. The summed E-state index contributed by atoms with van der Waals surface area (Å²) in [5.41, 5.74) is 1.22. The Bertz CT molecular complexity index is 768. The predicted octanol–water partition coefficient (Wildman–Crippen LogP) is 1.99. The van der Waals surface area contributed by atoms with Crippen LogP contribution in [0.3, 0.4) is 0 Å². The fourth-order valence-electron chi connectivity index (χ4n) is 2.71. The van der Waals surface area contributed by atoms with Crippen LogP contribution >= 0.6 is 0 Å². The van der Waals surface area contributed by atoms with Crippen LogP contribution in [-0.4, -0.2) is 50.0 Å². The smallest absolute Gasteiger partial charge is 0.199 e. The maximum atomic E-state index is 12.1. The van der Waals surface area contributed by atoms with Gasteiger partial charge in [-0.3, -0.25) is 0 Å². The largest absolute Gasteiger partial charge is 0.368 e. The fraction of sp³-hybridized carbons (Fsp3) is 0.412. The molecule has 0 spiro atoms. The Morgan fingerprint density at radius 1 is 0.875 bits per heavy atom. The molecule has 1 saturated heterocycles. The summed E-state index contributed by atoms with van der Waals surface area (Å²) in [6, 6.07) is 13.6. The normalized spacial score (nSPS) is 15.8. The number of hydrogen-bond acceptors (Lipinski definition) is 6. The van der Waals surface area contributed by atoms with Gasteiger partial charge in [-0.05, 0) is 38.1 Å². The van der Waals surface area contributed by atoms with Gasteiger partial charge in [-0.15, -0.1) is 10.2 Å². The fourth-order valence-corrected chi connectivity index (χ4v) is 3.60. The molecule has 1 aromatic heterocycles. The molecular weight excluding hydrogens is 324 g/mol. The van der Waals surface area contributed by atoms with Crippen LogP contribution in [-0.2, 0) is 9.84 Å². The third kappa shape index (κ3) is 3.36. The van der Waals surface area contributed by atoms with Gasteiger partial charge < -0.3 is 9.80 Å². The Kier molecular flexibility index (Phi) is 4.71. The van der Waals surface area contributed by atoms with E-state index in [1.54, 1.807) is 26.0 Å². The van der Waals surface area contributed by atoms with Crippen molar-refractivity contribution in [1.29, 1.82) is 0 Å². The zero-order valence-corrected chi connectivity index (χ0v) is 14.8. The lowest BCUT2D eigenvalue weighted by Crippen LogP contribution is -2.46. The summed E-state index contributed by atoms with van der Waals surface area (Å²) in [5.74, 6) is 0.727. The third-order valence-electron chi connectivity index (χ3n) is 4.26. The minimum absolute atomic E-state index is 0.0455. The van der Waals surface area contributed by atoms with Crippen LogP contribution in [0.1, 0.15) is 13.8 Å². The summed E-state index contributed by atoms with van der Waals surface area (Å²) in [6.45, 7) is 6.76. The van der Waals surface area contributed by atoms with Crippen molar-refractivity contribution in [1.82, 2.24) is 10.2 Å². The molecule has 0 unspecified atom stereocenters. The summed E-state index contributed by atoms with van der Waals surface area (Å²) in [7, 11) is -3.37. The van der Waals surface area contributed by atoms with Gasteiger partial charge in [-0.1, -0.05) is 18.2 Å². The first-order chi connectivity index (χ1) is 11.5. The van der Waals surface area contributed by atoms with Crippen LogP contribution in [0, 0.1) is 0 Å². The number of aromatic nitrogens is 2. The number of sulfone groups is 1. The summed E-state index contributed by atoms with van der Waals surface area (Å²) in [5, 5.41) is 7.61. The Morgan fingerprint density at radius 2 is 1.50 bits per heavy atom. The van der Waals surface area contributed by atoms with E-state index in [0.29, 0.717) is 0 Å². The number of piperazine rings is 1. The molecule has 24 heavy (non-hydrogen) atoms. The van der Waals surface area contributed by atoms with Gasteiger partial charge in [0.15, 0.2) is 20.7 Å². The van der Waals surface area contributed by atoms with E-state index in [2.05, 4.69) is 32.1 Å². The van der Waals surface area contributed by atoms with Gasteiger partial charge in [0.25, 0.3) is 0 Å². The van der Waals surface area contributed by atoms with Gasteiger partial charge >= 0.3 is 0 Å². The topological polar surface area (TPSA) is 66.4 Å². The quantitative estimate of drug-likeness (QED) is 0.843. The second kappa shape index (κ2) is 6.76. The van der Waals surface area contributed by atoms with Crippen molar-refractivity contribution < 1.29 is 8.42 Å². The SMILES string of the molecule is CC(C)S(=O)(=O)c1ccc(N2CCN(c3ccccc3)CC2)nn1. The molecule has 0 radical (unpaired) electrons. The van der Waals surface area contributed by atoms with Gasteiger partial charge in [0, 0.05) is 31.9 Å². The zero-order valence-electron chi connectivity index (χ0n) is 14.0. The van der Waals surface area contributed by atoms with E-state index in [0.717, 1.165) is 32.0 Å². The molecule has 0 atom stereocenters. The summed E-state index contributed by atoms with van der Waals surface area (Å²) < 4.78 is 24.2. The van der Waals surface area contributed by atoms with E-state index >= 15 is 0 Å². The molecule has 1 aliphatic heterocycles. The van der Waals surface area contributed by atoms with Crippen LogP contribution in [0.15, 0.2) is 47.5 Å². The Hall–Kier alpha value is -2.15. The molecule has 7 heteroatoms. The van der Waals surface area contributed by atoms with Crippen LogP contribution < -0.4 is 9.80 Å². The first kappa shape index (κ1) is 16.7. The highest BCUT2D eigenvalue weighted by Crippen LogP contribution is 2.20. The molecular formula is C17H22N4O2S. The van der Waals surface area contributed by atoms with Crippen LogP contribution in [0.5, 0.6) is 0 Å². The Balaban J connectivity index is 1.67. The van der Waals surface area contributed by atoms with Gasteiger partial charge in [-0.2, -0.15) is 0 Å². The van der Waals surface area contributed by atoms with E-state index in [1.807, 2.05) is 18.2 Å². The van der Waals surface area contributed by atoms with Crippen molar-refractivity contribution in [3.8, 4) is 0 Å². The molecule has 1 aromatic carbocycles. The second-order valence-corrected chi connectivity index (χ2v) is 8.58.